The molecular formula is C27H34F3N3O2. The molecule has 0 radical (unpaired) electrons. The van der Waals surface area contributed by atoms with E-state index in [1.54, 1.807) is 6.08 Å². The fourth-order valence-electron chi connectivity index (χ4n) is 8.07. The summed E-state index contributed by atoms with van der Waals surface area (Å²) < 4.78 is 39.1. The number of nitrogens with zero attached hydrogens (tertiary/aromatic N) is 1. The molecular weight excluding hydrogens is 455 g/mol. The van der Waals surface area contributed by atoms with Crippen LogP contribution in [0.5, 0.6) is 0 Å². The molecule has 8 heteroatoms. The summed E-state index contributed by atoms with van der Waals surface area (Å²) in [6.45, 7) is 4.58. The number of benzene rings is 1. The van der Waals surface area contributed by atoms with Crippen molar-refractivity contribution in [1.82, 2.24) is 10.2 Å². The minimum Gasteiger partial charge on any atom is -0.338 e. The van der Waals surface area contributed by atoms with E-state index < -0.39 is 17.8 Å². The molecule has 3 fully saturated rings. The third-order valence-electron chi connectivity index (χ3n) is 9.88. The van der Waals surface area contributed by atoms with Gasteiger partial charge in [-0.2, -0.15) is 13.2 Å². The van der Waals surface area contributed by atoms with Crippen molar-refractivity contribution in [2.45, 2.75) is 70.6 Å². The molecule has 1 aromatic rings. The van der Waals surface area contributed by atoms with E-state index in [2.05, 4.69) is 30.6 Å². The lowest BCUT2D eigenvalue weighted by molar-refractivity contribution is -0.138. The zero-order valence-electron chi connectivity index (χ0n) is 20.5. The summed E-state index contributed by atoms with van der Waals surface area (Å²) in [6, 6.07) is 4.49. The first kappa shape index (κ1) is 24.2. The second kappa shape index (κ2) is 8.27. The van der Waals surface area contributed by atoms with Crippen LogP contribution in [-0.2, 0) is 11.0 Å². The van der Waals surface area contributed by atoms with Crippen molar-refractivity contribution >= 4 is 17.6 Å². The summed E-state index contributed by atoms with van der Waals surface area (Å²) >= 11 is 0. The molecule has 3 amide bonds. The Morgan fingerprint density at radius 1 is 1.09 bits per heavy atom. The standard InChI is InChI=1S/C27H34F3N3O2/c1-25-13-11-20-18(7-10-22-26(20,2)14-12-23(34)33(22)3)19(25)8-9-21(25)32-24(35)31-17-6-4-5-16(15-17)27(28,29)30/h4-6,12,14-15,18-22H,7-11,13H2,1-3H3,(H2,31,32,35)/t18-,19-,20-,21-,22+,25-,26+/m0/s1. The zero-order valence-corrected chi connectivity index (χ0v) is 20.5. The van der Waals surface area contributed by atoms with Gasteiger partial charge in [0, 0.05) is 30.2 Å². The fraction of sp³-hybridized carbons (Fsp3) is 0.630. The van der Waals surface area contributed by atoms with Gasteiger partial charge < -0.3 is 15.5 Å². The number of urea groups is 1. The normalized spacial score (nSPS) is 38.4. The van der Waals surface area contributed by atoms with Gasteiger partial charge in [0.05, 0.1) is 5.56 Å². The molecule has 3 saturated carbocycles. The Labute approximate surface area is 204 Å². The van der Waals surface area contributed by atoms with Crippen molar-refractivity contribution in [3.05, 3.63) is 42.0 Å². The molecule has 0 spiro atoms. The third kappa shape index (κ3) is 3.93. The Balaban J connectivity index is 1.29. The molecule has 7 atom stereocenters. The number of amides is 3. The predicted molar refractivity (Wildman–Crippen MR) is 127 cm³/mol. The summed E-state index contributed by atoms with van der Waals surface area (Å²) in [5.41, 5.74) is -0.723. The first-order chi connectivity index (χ1) is 16.4. The van der Waals surface area contributed by atoms with Crippen molar-refractivity contribution in [1.29, 1.82) is 0 Å². The maximum atomic E-state index is 13.0. The lowest BCUT2D eigenvalue weighted by Crippen LogP contribution is -2.60. The number of hydrogen-bond acceptors (Lipinski definition) is 2. The van der Waals surface area contributed by atoms with Crippen molar-refractivity contribution < 1.29 is 22.8 Å². The lowest BCUT2D eigenvalue weighted by Gasteiger charge is -2.60. The molecule has 1 aliphatic heterocycles. The highest BCUT2D eigenvalue weighted by Crippen LogP contribution is 2.63. The first-order valence-electron chi connectivity index (χ1n) is 12.6. The van der Waals surface area contributed by atoms with Gasteiger partial charge in [0.15, 0.2) is 0 Å². The molecule has 0 bridgehead atoms. The largest absolute Gasteiger partial charge is 0.416 e. The van der Waals surface area contributed by atoms with Crippen LogP contribution in [-0.4, -0.2) is 36.0 Å². The van der Waals surface area contributed by atoms with E-state index in [0.29, 0.717) is 17.8 Å². The monoisotopic (exact) mass is 489 g/mol. The van der Waals surface area contributed by atoms with Crippen LogP contribution in [0.4, 0.5) is 23.7 Å². The molecule has 2 N–H and O–H groups in total. The molecule has 0 aromatic heterocycles. The quantitative estimate of drug-likeness (QED) is 0.549. The fourth-order valence-corrected chi connectivity index (χ4v) is 8.07. The number of likely N-dealkylation sites (N-methyl/N-ethyl adjacent to an activating group) is 1. The van der Waals surface area contributed by atoms with E-state index in [1.807, 2.05) is 11.9 Å². The van der Waals surface area contributed by atoms with E-state index in [1.165, 1.54) is 12.1 Å². The minimum atomic E-state index is -4.45. The molecule has 3 aliphatic carbocycles. The van der Waals surface area contributed by atoms with Gasteiger partial charge in [-0.15, -0.1) is 0 Å². The molecule has 1 aromatic carbocycles. The Hall–Kier alpha value is -2.51. The molecule has 35 heavy (non-hydrogen) atoms. The maximum Gasteiger partial charge on any atom is 0.416 e. The van der Waals surface area contributed by atoms with Crippen LogP contribution in [0, 0.1) is 28.6 Å². The number of alkyl halides is 3. The van der Waals surface area contributed by atoms with Crippen molar-refractivity contribution in [3.8, 4) is 0 Å². The lowest BCUT2D eigenvalue weighted by atomic mass is 9.48. The van der Waals surface area contributed by atoms with Gasteiger partial charge in [-0.3, -0.25) is 4.79 Å². The second-order valence-electron chi connectivity index (χ2n) is 11.5. The molecule has 5 rings (SSSR count). The van der Waals surface area contributed by atoms with E-state index in [4.69, 9.17) is 0 Å². The van der Waals surface area contributed by atoms with Crippen LogP contribution in [0.25, 0.3) is 0 Å². The van der Waals surface area contributed by atoms with Gasteiger partial charge in [0.25, 0.3) is 0 Å². The van der Waals surface area contributed by atoms with Crippen LogP contribution in [0.15, 0.2) is 36.4 Å². The number of anilines is 1. The van der Waals surface area contributed by atoms with Gasteiger partial charge in [-0.1, -0.05) is 26.0 Å². The van der Waals surface area contributed by atoms with Crippen LogP contribution in [0.1, 0.15) is 57.9 Å². The Morgan fingerprint density at radius 2 is 1.86 bits per heavy atom. The smallest absolute Gasteiger partial charge is 0.338 e. The number of fused-ring (bicyclic) bond motifs is 5. The van der Waals surface area contributed by atoms with Crippen molar-refractivity contribution in [3.63, 3.8) is 0 Å². The van der Waals surface area contributed by atoms with Crippen LogP contribution < -0.4 is 10.6 Å². The summed E-state index contributed by atoms with van der Waals surface area (Å²) in [5, 5.41) is 5.71. The highest BCUT2D eigenvalue weighted by Gasteiger charge is 2.60. The maximum absolute atomic E-state index is 13.0. The summed E-state index contributed by atoms with van der Waals surface area (Å²) in [7, 11) is 1.92. The molecule has 190 valence electrons. The molecule has 0 saturated heterocycles. The minimum absolute atomic E-state index is 0.0177. The Bertz CT molecular complexity index is 1060. The van der Waals surface area contributed by atoms with Crippen LogP contribution in [0.2, 0.25) is 0 Å². The number of rotatable bonds is 2. The van der Waals surface area contributed by atoms with Crippen molar-refractivity contribution in [2.75, 3.05) is 12.4 Å². The van der Waals surface area contributed by atoms with E-state index in [9.17, 15) is 22.8 Å². The number of halogens is 3. The first-order valence-corrected chi connectivity index (χ1v) is 12.6. The van der Waals surface area contributed by atoms with Crippen molar-refractivity contribution in [2.24, 2.45) is 28.6 Å². The molecule has 0 unspecified atom stereocenters. The van der Waals surface area contributed by atoms with Gasteiger partial charge in [-0.05, 0) is 86.0 Å². The van der Waals surface area contributed by atoms with Gasteiger partial charge >= 0.3 is 12.2 Å². The Kier molecular flexibility index (Phi) is 5.72. The van der Waals surface area contributed by atoms with Gasteiger partial charge in [0.2, 0.25) is 5.91 Å². The average Bonchev–Trinajstić information content (AvgIpc) is 3.12. The summed E-state index contributed by atoms with van der Waals surface area (Å²) in [5.74, 6) is 1.61. The second-order valence-corrected chi connectivity index (χ2v) is 11.5. The highest BCUT2D eigenvalue weighted by atomic mass is 19.4. The van der Waals surface area contributed by atoms with E-state index in [-0.39, 0.29) is 34.5 Å². The average molecular weight is 490 g/mol. The molecule has 1 heterocycles. The number of hydrogen-bond donors (Lipinski definition) is 2. The predicted octanol–water partition coefficient (Wildman–Crippen LogP) is 5.83. The van der Waals surface area contributed by atoms with E-state index in [0.717, 1.165) is 50.7 Å². The SMILES string of the molecule is CN1C(=O)C=C[C@]2(C)[C@H]3CC[C@]4(C)[C@@H](NC(=O)Nc5cccc(C(F)(F)F)c5)CC[C@H]4[C@@H]3CC[C@@H]12. The summed E-state index contributed by atoms with van der Waals surface area (Å²) in [4.78, 5) is 27.0. The van der Waals surface area contributed by atoms with E-state index >= 15 is 0 Å². The topological polar surface area (TPSA) is 61.4 Å². The van der Waals surface area contributed by atoms with Gasteiger partial charge in [0.1, 0.15) is 0 Å². The summed E-state index contributed by atoms with van der Waals surface area (Å²) in [6.07, 6.45) is 5.46. The van der Waals surface area contributed by atoms with Crippen LogP contribution in [0.3, 0.4) is 0 Å². The zero-order chi connectivity index (χ0) is 25.2. The highest BCUT2D eigenvalue weighted by molar-refractivity contribution is 5.90. The number of carbonyl (C=O) groups is 2. The molecule has 5 nitrogen and oxygen atoms in total. The van der Waals surface area contributed by atoms with Gasteiger partial charge in [-0.25, -0.2) is 4.79 Å². The van der Waals surface area contributed by atoms with Crippen LogP contribution >= 0.6 is 0 Å². The molecule has 4 aliphatic rings. The number of carbonyl (C=O) groups excluding carboxylic acids is 2. The number of nitrogens with one attached hydrogen (secondary N) is 2. The Morgan fingerprint density at radius 3 is 2.60 bits per heavy atom. The third-order valence-corrected chi connectivity index (χ3v) is 9.88.